The molecule has 3 rings (SSSR count). The van der Waals surface area contributed by atoms with Crippen molar-refractivity contribution in [2.45, 2.75) is 25.8 Å². The molecule has 0 spiro atoms. The number of benzene rings is 1. The number of fused-ring (bicyclic) bond motifs is 1. The lowest BCUT2D eigenvalue weighted by Gasteiger charge is -2.38. The van der Waals surface area contributed by atoms with E-state index in [0.717, 1.165) is 18.2 Å². The number of carbonyl (C=O) groups is 1. The molecule has 2 N–H and O–H groups in total. The van der Waals surface area contributed by atoms with E-state index in [9.17, 15) is 14.7 Å². The molecule has 0 radical (unpaired) electrons. The number of piperidine rings is 1. The van der Waals surface area contributed by atoms with Gasteiger partial charge < -0.3 is 15.0 Å². The summed E-state index contributed by atoms with van der Waals surface area (Å²) in [6, 6.07) is 8.73. The SMILES string of the molecule is CC1CCCN(C(=O)c2cc3ccccc3c(=O)[nH]2)C1CO. The number of amides is 1. The van der Waals surface area contributed by atoms with Gasteiger partial charge in [0.15, 0.2) is 0 Å². The number of hydrogen-bond acceptors (Lipinski definition) is 3. The number of H-pyrrole nitrogens is 1. The Morgan fingerprint density at radius 1 is 1.41 bits per heavy atom. The lowest BCUT2D eigenvalue weighted by atomic mass is 9.91. The molecular weight excluding hydrogens is 280 g/mol. The molecule has 1 saturated heterocycles. The molecule has 1 fully saturated rings. The molecular formula is C17H20N2O3. The van der Waals surface area contributed by atoms with E-state index in [-0.39, 0.29) is 35.7 Å². The Balaban J connectivity index is 1.99. The lowest BCUT2D eigenvalue weighted by molar-refractivity contribution is 0.0353. The maximum absolute atomic E-state index is 12.8. The predicted octanol–water partition coefficient (Wildman–Crippen LogP) is 1.76. The Morgan fingerprint density at radius 3 is 2.95 bits per heavy atom. The molecule has 1 amide bonds. The van der Waals surface area contributed by atoms with Crippen LogP contribution in [0.25, 0.3) is 10.8 Å². The number of rotatable bonds is 2. The summed E-state index contributed by atoms with van der Waals surface area (Å²) >= 11 is 0. The minimum atomic E-state index is -0.257. The normalized spacial score (nSPS) is 22.0. The number of hydrogen-bond donors (Lipinski definition) is 2. The van der Waals surface area contributed by atoms with Gasteiger partial charge in [-0.3, -0.25) is 9.59 Å². The Morgan fingerprint density at radius 2 is 2.18 bits per heavy atom. The van der Waals surface area contributed by atoms with Crippen molar-refractivity contribution in [2.75, 3.05) is 13.2 Å². The highest BCUT2D eigenvalue weighted by atomic mass is 16.3. The monoisotopic (exact) mass is 300 g/mol. The Labute approximate surface area is 128 Å². The summed E-state index contributed by atoms with van der Waals surface area (Å²) in [7, 11) is 0. The molecule has 1 aliphatic rings. The van der Waals surface area contributed by atoms with E-state index in [1.807, 2.05) is 19.1 Å². The van der Waals surface area contributed by atoms with Crippen molar-refractivity contribution < 1.29 is 9.90 Å². The Hall–Kier alpha value is -2.14. The van der Waals surface area contributed by atoms with Crippen molar-refractivity contribution >= 4 is 16.7 Å². The van der Waals surface area contributed by atoms with E-state index in [2.05, 4.69) is 4.98 Å². The van der Waals surface area contributed by atoms with Crippen molar-refractivity contribution in [1.29, 1.82) is 0 Å². The number of likely N-dealkylation sites (tertiary alicyclic amines) is 1. The maximum atomic E-state index is 12.8. The molecule has 1 aliphatic heterocycles. The zero-order valence-electron chi connectivity index (χ0n) is 12.6. The van der Waals surface area contributed by atoms with Crippen molar-refractivity contribution in [2.24, 2.45) is 5.92 Å². The second kappa shape index (κ2) is 5.93. The minimum absolute atomic E-state index is 0.0509. The highest BCUT2D eigenvalue weighted by Gasteiger charge is 2.32. The molecule has 0 aliphatic carbocycles. The van der Waals surface area contributed by atoms with Crippen molar-refractivity contribution in [3.63, 3.8) is 0 Å². The lowest BCUT2D eigenvalue weighted by Crippen LogP contribution is -2.50. The number of aliphatic hydroxyl groups is 1. The van der Waals surface area contributed by atoms with Gasteiger partial charge in [0.05, 0.1) is 12.6 Å². The van der Waals surface area contributed by atoms with Crippen LogP contribution in [0.5, 0.6) is 0 Å². The van der Waals surface area contributed by atoms with Crippen molar-refractivity contribution in [3.05, 3.63) is 46.4 Å². The van der Waals surface area contributed by atoms with Crippen LogP contribution in [0.1, 0.15) is 30.3 Å². The Kier molecular flexibility index (Phi) is 3.98. The smallest absolute Gasteiger partial charge is 0.270 e. The van der Waals surface area contributed by atoms with Crippen molar-refractivity contribution in [1.82, 2.24) is 9.88 Å². The summed E-state index contributed by atoms with van der Waals surface area (Å²) in [6.07, 6.45) is 1.92. The van der Waals surface area contributed by atoms with E-state index in [1.165, 1.54) is 0 Å². The zero-order chi connectivity index (χ0) is 15.7. The number of aliphatic hydroxyl groups excluding tert-OH is 1. The molecule has 2 unspecified atom stereocenters. The van der Waals surface area contributed by atoms with Crippen LogP contribution in [0.4, 0.5) is 0 Å². The van der Waals surface area contributed by atoms with Crippen LogP contribution in [0.3, 0.4) is 0 Å². The molecule has 0 saturated carbocycles. The van der Waals surface area contributed by atoms with Gasteiger partial charge in [-0.25, -0.2) is 0 Å². The average molecular weight is 300 g/mol. The largest absolute Gasteiger partial charge is 0.394 e. The van der Waals surface area contributed by atoms with Crippen LogP contribution < -0.4 is 5.56 Å². The average Bonchev–Trinajstić information content (AvgIpc) is 2.54. The molecule has 116 valence electrons. The predicted molar refractivity (Wildman–Crippen MR) is 84.9 cm³/mol. The third-order valence-electron chi connectivity index (χ3n) is 4.55. The molecule has 1 aromatic heterocycles. The van der Waals surface area contributed by atoms with Crippen LogP contribution in [-0.4, -0.2) is 40.1 Å². The summed E-state index contributed by atoms with van der Waals surface area (Å²) in [6.45, 7) is 2.61. The van der Waals surface area contributed by atoms with Gasteiger partial charge in [-0.05, 0) is 36.3 Å². The summed E-state index contributed by atoms with van der Waals surface area (Å²) in [5, 5.41) is 10.9. The molecule has 2 atom stereocenters. The maximum Gasteiger partial charge on any atom is 0.270 e. The first-order valence-electron chi connectivity index (χ1n) is 7.65. The van der Waals surface area contributed by atoms with Gasteiger partial charge in [-0.15, -0.1) is 0 Å². The van der Waals surface area contributed by atoms with Crippen LogP contribution in [0.15, 0.2) is 35.1 Å². The number of aromatic amines is 1. The molecule has 5 heteroatoms. The van der Waals surface area contributed by atoms with Crippen LogP contribution in [-0.2, 0) is 0 Å². The summed E-state index contributed by atoms with van der Waals surface area (Å²) in [5.41, 5.74) is 0.0308. The highest BCUT2D eigenvalue weighted by Crippen LogP contribution is 2.24. The first-order chi connectivity index (χ1) is 10.6. The van der Waals surface area contributed by atoms with E-state index in [4.69, 9.17) is 0 Å². The van der Waals surface area contributed by atoms with Crippen LogP contribution >= 0.6 is 0 Å². The molecule has 22 heavy (non-hydrogen) atoms. The van der Waals surface area contributed by atoms with Crippen LogP contribution in [0.2, 0.25) is 0 Å². The molecule has 2 heterocycles. The van der Waals surface area contributed by atoms with Gasteiger partial charge in [-0.2, -0.15) is 0 Å². The Bertz CT molecular complexity index is 753. The minimum Gasteiger partial charge on any atom is -0.394 e. The fourth-order valence-electron chi connectivity index (χ4n) is 3.26. The quantitative estimate of drug-likeness (QED) is 0.887. The topological polar surface area (TPSA) is 73.4 Å². The first kappa shape index (κ1) is 14.8. The fourth-order valence-corrected chi connectivity index (χ4v) is 3.26. The van der Waals surface area contributed by atoms with Gasteiger partial charge >= 0.3 is 0 Å². The van der Waals surface area contributed by atoms with E-state index >= 15 is 0 Å². The van der Waals surface area contributed by atoms with Crippen LogP contribution in [0, 0.1) is 5.92 Å². The van der Waals surface area contributed by atoms with E-state index in [1.54, 1.807) is 23.1 Å². The van der Waals surface area contributed by atoms with E-state index < -0.39 is 0 Å². The third-order valence-corrected chi connectivity index (χ3v) is 4.55. The third kappa shape index (κ3) is 2.52. The zero-order valence-corrected chi connectivity index (χ0v) is 12.6. The summed E-state index contributed by atoms with van der Waals surface area (Å²) in [4.78, 5) is 29.2. The highest BCUT2D eigenvalue weighted by molar-refractivity contribution is 5.96. The fraction of sp³-hybridized carbons (Fsp3) is 0.412. The molecule has 2 aromatic rings. The number of nitrogens with one attached hydrogen (secondary N) is 1. The molecule has 5 nitrogen and oxygen atoms in total. The second-order valence-corrected chi connectivity index (χ2v) is 5.97. The molecule has 1 aromatic carbocycles. The van der Waals surface area contributed by atoms with E-state index in [0.29, 0.717) is 11.9 Å². The summed E-state index contributed by atoms with van der Waals surface area (Å²) < 4.78 is 0. The second-order valence-electron chi connectivity index (χ2n) is 5.97. The summed E-state index contributed by atoms with van der Waals surface area (Å²) in [5.74, 6) is 0.0448. The molecule has 0 bridgehead atoms. The number of carbonyl (C=O) groups excluding carboxylic acids is 1. The van der Waals surface area contributed by atoms with Gasteiger partial charge in [-0.1, -0.05) is 25.1 Å². The first-order valence-corrected chi connectivity index (χ1v) is 7.65. The van der Waals surface area contributed by atoms with Gasteiger partial charge in [0.1, 0.15) is 5.69 Å². The number of nitrogens with zero attached hydrogens (tertiary/aromatic N) is 1. The standard InChI is InChI=1S/C17H20N2O3/c1-11-5-4-8-19(15(11)10-20)17(22)14-9-12-6-2-3-7-13(12)16(21)18-14/h2-3,6-7,9,11,15,20H,4-5,8,10H2,1H3,(H,18,21). The van der Waals surface area contributed by atoms with Gasteiger partial charge in [0, 0.05) is 11.9 Å². The number of aromatic nitrogens is 1. The van der Waals surface area contributed by atoms with Gasteiger partial charge in [0.2, 0.25) is 0 Å². The van der Waals surface area contributed by atoms with Crippen molar-refractivity contribution in [3.8, 4) is 0 Å². The number of pyridine rings is 1. The van der Waals surface area contributed by atoms with Gasteiger partial charge in [0.25, 0.3) is 11.5 Å².